The molecule has 0 radical (unpaired) electrons. The Morgan fingerprint density at radius 3 is 2.30 bits per heavy atom. The van der Waals surface area contributed by atoms with Gasteiger partial charge in [0.15, 0.2) is 0 Å². The second kappa shape index (κ2) is 8.40. The third kappa shape index (κ3) is 5.68. The highest BCUT2D eigenvalue weighted by Gasteiger charge is 2.03. The zero-order chi connectivity index (χ0) is 16.5. The highest BCUT2D eigenvalue weighted by molar-refractivity contribution is 5.94. The van der Waals surface area contributed by atoms with Gasteiger partial charge in [-0.3, -0.25) is 9.59 Å². The van der Waals surface area contributed by atoms with Crippen LogP contribution in [0.3, 0.4) is 0 Å². The van der Waals surface area contributed by atoms with Gasteiger partial charge in [0, 0.05) is 24.6 Å². The van der Waals surface area contributed by atoms with Crippen LogP contribution in [-0.2, 0) is 11.3 Å². The summed E-state index contributed by atoms with van der Waals surface area (Å²) in [4.78, 5) is 22.8. The fourth-order valence-electron chi connectivity index (χ4n) is 1.89. The van der Waals surface area contributed by atoms with Gasteiger partial charge in [-0.15, -0.1) is 0 Å². The van der Waals surface area contributed by atoms with Crippen LogP contribution in [-0.4, -0.2) is 18.4 Å². The van der Waals surface area contributed by atoms with Crippen molar-refractivity contribution in [2.75, 3.05) is 6.54 Å². The van der Waals surface area contributed by atoms with Crippen LogP contribution in [0.1, 0.15) is 28.4 Å². The minimum atomic E-state index is -0.168. The molecule has 23 heavy (non-hydrogen) atoms. The first-order valence-corrected chi connectivity index (χ1v) is 7.30. The van der Waals surface area contributed by atoms with Crippen LogP contribution >= 0.6 is 0 Å². The first-order chi connectivity index (χ1) is 11.1. The van der Waals surface area contributed by atoms with E-state index in [9.17, 15) is 9.59 Å². The summed E-state index contributed by atoms with van der Waals surface area (Å²) in [7, 11) is 0. The highest BCUT2D eigenvalue weighted by atomic mass is 16.2. The summed E-state index contributed by atoms with van der Waals surface area (Å²) in [6, 6.07) is 16.7. The molecular formula is C19H18N2O2. The maximum Gasteiger partial charge on any atom is 0.252 e. The quantitative estimate of drug-likeness (QED) is 0.850. The van der Waals surface area contributed by atoms with Gasteiger partial charge >= 0.3 is 0 Å². The largest absolute Gasteiger partial charge is 0.352 e. The number of rotatable bonds is 4. The van der Waals surface area contributed by atoms with E-state index < -0.39 is 0 Å². The number of hydrogen-bond acceptors (Lipinski definition) is 2. The first-order valence-electron chi connectivity index (χ1n) is 7.30. The van der Waals surface area contributed by atoms with Gasteiger partial charge in [-0.2, -0.15) is 0 Å². The molecule has 0 saturated heterocycles. The van der Waals surface area contributed by atoms with Gasteiger partial charge in [-0.25, -0.2) is 0 Å². The normalized spacial score (nSPS) is 9.43. The van der Waals surface area contributed by atoms with Crippen LogP contribution in [0.25, 0.3) is 0 Å². The van der Waals surface area contributed by atoms with Crippen LogP contribution in [0.4, 0.5) is 0 Å². The van der Waals surface area contributed by atoms with Gasteiger partial charge in [0.25, 0.3) is 5.91 Å². The molecule has 2 rings (SSSR count). The van der Waals surface area contributed by atoms with Crippen molar-refractivity contribution < 1.29 is 9.59 Å². The Morgan fingerprint density at radius 1 is 0.957 bits per heavy atom. The molecule has 2 N–H and O–H groups in total. The highest BCUT2D eigenvalue weighted by Crippen LogP contribution is 2.04. The average molecular weight is 306 g/mol. The lowest BCUT2D eigenvalue weighted by molar-refractivity contribution is -0.119. The van der Waals surface area contributed by atoms with E-state index in [0.717, 1.165) is 11.1 Å². The van der Waals surface area contributed by atoms with Gasteiger partial charge < -0.3 is 10.6 Å². The van der Waals surface area contributed by atoms with Crippen molar-refractivity contribution >= 4 is 11.8 Å². The third-order valence-corrected chi connectivity index (χ3v) is 3.10. The Balaban J connectivity index is 1.84. The van der Waals surface area contributed by atoms with Crippen LogP contribution in [0.15, 0.2) is 54.6 Å². The van der Waals surface area contributed by atoms with E-state index in [0.29, 0.717) is 18.7 Å². The molecule has 0 aliphatic heterocycles. The zero-order valence-corrected chi connectivity index (χ0v) is 12.9. The predicted octanol–water partition coefficient (Wildman–Crippen LogP) is 2.10. The molecule has 2 aromatic rings. The molecule has 2 aromatic carbocycles. The van der Waals surface area contributed by atoms with Crippen molar-refractivity contribution in [1.29, 1.82) is 0 Å². The standard InChI is InChI=1S/C19H18N2O2/c1-15(22)21-14-17-9-11-18(12-10-17)19(23)20-13-5-8-16-6-3-2-4-7-16/h2-4,6-7,9-12H,13-14H2,1H3,(H,20,23)(H,21,22). The summed E-state index contributed by atoms with van der Waals surface area (Å²) in [5, 5.41) is 5.47. The van der Waals surface area contributed by atoms with Gasteiger partial charge in [0.2, 0.25) is 5.91 Å². The summed E-state index contributed by atoms with van der Waals surface area (Å²) in [6.45, 7) is 2.22. The van der Waals surface area contributed by atoms with Crippen LogP contribution < -0.4 is 10.6 Å². The summed E-state index contributed by atoms with van der Waals surface area (Å²) in [6.07, 6.45) is 0. The Bertz CT molecular complexity index is 725. The number of nitrogens with one attached hydrogen (secondary N) is 2. The summed E-state index contributed by atoms with van der Waals surface area (Å²) in [5.41, 5.74) is 2.43. The van der Waals surface area contributed by atoms with E-state index in [-0.39, 0.29) is 11.8 Å². The summed E-state index contributed by atoms with van der Waals surface area (Å²) in [5.74, 6) is 5.65. The molecule has 0 unspecified atom stereocenters. The number of carbonyl (C=O) groups excluding carboxylic acids is 2. The molecule has 116 valence electrons. The molecule has 0 aliphatic rings. The molecule has 2 amide bonds. The zero-order valence-electron chi connectivity index (χ0n) is 12.9. The lowest BCUT2D eigenvalue weighted by Crippen LogP contribution is -2.23. The summed E-state index contributed by atoms with van der Waals surface area (Å²) >= 11 is 0. The Kier molecular flexibility index (Phi) is 5.96. The fourth-order valence-corrected chi connectivity index (χ4v) is 1.89. The second-order valence-corrected chi connectivity index (χ2v) is 4.96. The number of benzene rings is 2. The Labute approximate surface area is 135 Å². The average Bonchev–Trinajstić information content (AvgIpc) is 2.58. The van der Waals surface area contributed by atoms with E-state index in [2.05, 4.69) is 22.5 Å². The van der Waals surface area contributed by atoms with Crippen LogP contribution in [0, 0.1) is 11.8 Å². The van der Waals surface area contributed by atoms with Crippen LogP contribution in [0.5, 0.6) is 0 Å². The molecule has 0 fully saturated rings. The fraction of sp³-hybridized carbons (Fsp3) is 0.158. The number of hydrogen-bond donors (Lipinski definition) is 2. The molecule has 0 heterocycles. The molecule has 0 aliphatic carbocycles. The van der Waals surface area contributed by atoms with Crippen molar-refractivity contribution in [2.24, 2.45) is 0 Å². The van der Waals surface area contributed by atoms with E-state index in [1.54, 1.807) is 12.1 Å². The molecule has 0 spiro atoms. The van der Waals surface area contributed by atoms with Gasteiger partial charge in [0.05, 0.1) is 6.54 Å². The molecule has 4 heteroatoms. The van der Waals surface area contributed by atoms with Crippen molar-refractivity contribution in [2.45, 2.75) is 13.5 Å². The SMILES string of the molecule is CC(=O)NCc1ccc(C(=O)NCC#Cc2ccccc2)cc1. The van der Waals surface area contributed by atoms with Gasteiger partial charge in [-0.1, -0.05) is 42.2 Å². The number of carbonyl (C=O) groups is 2. The van der Waals surface area contributed by atoms with E-state index in [1.165, 1.54) is 6.92 Å². The van der Waals surface area contributed by atoms with Crippen molar-refractivity contribution in [3.05, 3.63) is 71.3 Å². The Morgan fingerprint density at radius 2 is 1.65 bits per heavy atom. The molecular weight excluding hydrogens is 288 g/mol. The molecule has 4 nitrogen and oxygen atoms in total. The maximum atomic E-state index is 12.0. The van der Waals surface area contributed by atoms with Crippen molar-refractivity contribution in [3.63, 3.8) is 0 Å². The van der Waals surface area contributed by atoms with Crippen molar-refractivity contribution in [1.82, 2.24) is 10.6 Å². The Hall–Kier alpha value is -3.06. The minimum Gasteiger partial charge on any atom is -0.352 e. The maximum absolute atomic E-state index is 12.0. The molecule has 0 saturated carbocycles. The second-order valence-electron chi connectivity index (χ2n) is 4.96. The lowest BCUT2D eigenvalue weighted by atomic mass is 10.1. The first kappa shape index (κ1) is 16.3. The monoisotopic (exact) mass is 306 g/mol. The molecule has 0 bridgehead atoms. The minimum absolute atomic E-state index is 0.0798. The van der Waals surface area contributed by atoms with Gasteiger partial charge in [-0.05, 0) is 29.8 Å². The van der Waals surface area contributed by atoms with E-state index >= 15 is 0 Å². The molecule has 0 aromatic heterocycles. The summed E-state index contributed by atoms with van der Waals surface area (Å²) < 4.78 is 0. The van der Waals surface area contributed by atoms with E-state index in [4.69, 9.17) is 0 Å². The molecule has 0 atom stereocenters. The predicted molar refractivity (Wildman–Crippen MR) is 89.6 cm³/mol. The van der Waals surface area contributed by atoms with Gasteiger partial charge in [0.1, 0.15) is 0 Å². The smallest absolute Gasteiger partial charge is 0.252 e. The van der Waals surface area contributed by atoms with Crippen molar-refractivity contribution in [3.8, 4) is 11.8 Å². The topological polar surface area (TPSA) is 58.2 Å². The van der Waals surface area contributed by atoms with E-state index in [1.807, 2.05) is 42.5 Å². The third-order valence-electron chi connectivity index (χ3n) is 3.10. The number of amides is 2. The lowest BCUT2D eigenvalue weighted by Gasteiger charge is -2.05. The van der Waals surface area contributed by atoms with Crippen LogP contribution in [0.2, 0.25) is 0 Å².